The summed E-state index contributed by atoms with van der Waals surface area (Å²) in [5, 5.41) is 4.93. The van der Waals surface area contributed by atoms with Crippen LogP contribution in [0.15, 0.2) is 53.6 Å². The number of halogens is 4. The molecule has 0 saturated carbocycles. The van der Waals surface area contributed by atoms with E-state index in [-0.39, 0.29) is 22.0 Å². The van der Waals surface area contributed by atoms with E-state index < -0.39 is 23.6 Å². The van der Waals surface area contributed by atoms with Crippen LogP contribution in [0.1, 0.15) is 30.3 Å². The van der Waals surface area contributed by atoms with Gasteiger partial charge in [-0.2, -0.15) is 23.3 Å². The van der Waals surface area contributed by atoms with Gasteiger partial charge in [-0.25, -0.2) is 9.50 Å². The number of nitrogens with zero attached hydrogens (tertiary/aromatic N) is 6. The summed E-state index contributed by atoms with van der Waals surface area (Å²) in [6.45, 7) is 0.463. The third-order valence-corrected chi connectivity index (χ3v) is 5.90. The summed E-state index contributed by atoms with van der Waals surface area (Å²) in [6, 6.07) is 10.1. The molecular formula is C21H17ClF3N7O. The van der Waals surface area contributed by atoms with Crippen LogP contribution in [0.3, 0.4) is 0 Å². The molecule has 0 bridgehead atoms. The Morgan fingerprint density at radius 1 is 1.15 bits per heavy atom. The second-order valence-electron chi connectivity index (χ2n) is 7.61. The molecule has 4 aromatic rings. The number of alkyl halides is 3. The van der Waals surface area contributed by atoms with Crippen LogP contribution >= 0.6 is 11.6 Å². The maximum absolute atomic E-state index is 13.5. The summed E-state index contributed by atoms with van der Waals surface area (Å²) in [4.78, 5) is 23.0. The number of para-hydroxylation sites is 1. The minimum atomic E-state index is -4.65. The normalized spacial score (nSPS) is 16.6. The molecule has 0 radical (unpaired) electrons. The van der Waals surface area contributed by atoms with E-state index in [4.69, 9.17) is 17.3 Å². The van der Waals surface area contributed by atoms with E-state index in [9.17, 15) is 18.0 Å². The van der Waals surface area contributed by atoms with Crippen molar-refractivity contribution in [3.63, 3.8) is 0 Å². The van der Waals surface area contributed by atoms with Gasteiger partial charge >= 0.3 is 6.18 Å². The molecule has 8 nitrogen and oxygen atoms in total. The zero-order valence-electron chi connectivity index (χ0n) is 17.0. The summed E-state index contributed by atoms with van der Waals surface area (Å²) in [7, 11) is 0. The summed E-state index contributed by atoms with van der Waals surface area (Å²) in [5.74, 6) is -0.216. The number of benzene rings is 1. The molecule has 170 valence electrons. The van der Waals surface area contributed by atoms with Gasteiger partial charge in [-0.05, 0) is 31.0 Å². The lowest BCUT2D eigenvalue weighted by Gasteiger charge is -2.26. The zero-order chi connectivity index (χ0) is 23.3. The monoisotopic (exact) mass is 475 g/mol. The molecule has 4 heterocycles. The first-order valence-corrected chi connectivity index (χ1v) is 10.4. The largest absolute Gasteiger partial charge is 0.421 e. The standard InChI is InChI=1S/C21H17ClF3N7O/c22-14-8-10-31-16(14)19(33)32(12-5-2-1-3-6-12)18(29-31)15-7-4-9-30(15)20-27-11-13(17(26)28-20)21(23,24)25/h1-3,5-6,8,10-11,15H,4,7,9H2,(H2,26,27,28)/t15-/m0/s1. The highest BCUT2D eigenvalue weighted by Crippen LogP contribution is 2.37. The Bertz CT molecular complexity index is 1400. The van der Waals surface area contributed by atoms with Crippen LogP contribution in [0.2, 0.25) is 5.02 Å². The molecule has 1 aliphatic heterocycles. The van der Waals surface area contributed by atoms with Crippen molar-refractivity contribution in [2.24, 2.45) is 0 Å². The van der Waals surface area contributed by atoms with Crippen molar-refractivity contribution in [3.05, 3.63) is 75.6 Å². The fraction of sp³-hybridized carbons (Fsp3) is 0.238. The first kappa shape index (κ1) is 21.3. The van der Waals surface area contributed by atoms with Crippen LogP contribution < -0.4 is 16.2 Å². The fourth-order valence-electron chi connectivity index (χ4n) is 4.11. The molecule has 3 aromatic heterocycles. The topological polar surface area (TPSA) is 94.3 Å². The van der Waals surface area contributed by atoms with Crippen molar-refractivity contribution < 1.29 is 13.2 Å². The van der Waals surface area contributed by atoms with E-state index >= 15 is 0 Å². The molecule has 1 aliphatic rings. The van der Waals surface area contributed by atoms with Crippen LogP contribution in [0.4, 0.5) is 24.9 Å². The van der Waals surface area contributed by atoms with E-state index in [1.807, 2.05) is 6.07 Å². The van der Waals surface area contributed by atoms with Gasteiger partial charge in [0.15, 0.2) is 5.82 Å². The third-order valence-electron chi connectivity index (χ3n) is 5.60. The Labute approximate surface area is 190 Å². The lowest BCUT2D eigenvalue weighted by atomic mass is 10.2. The second-order valence-corrected chi connectivity index (χ2v) is 8.02. The molecule has 0 amide bonds. The molecule has 1 atom stereocenters. The molecule has 12 heteroatoms. The molecule has 33 heavy (non-hydrogen) atoms. The molecule has 0 spiro atoms. The zero-order valence-corrected chi connectivity index (χ0v) is 17.8. The molecule has 0 unspecified atom stereocenters. The van der Waals surface area contributed by atoms with Crippen LogP contribution in [0.25, 0.3) is 11.2 Å². The Balaban J connectivity index is 1.67. The summed E-state index contributed by atoms with van der Waals surface area (Å²) in [5.41, 5.74) is 4.95. The average molecular weight is 476 g/mol. The minimum Gasteiger partial charge on any atom is -0.383 e. The van der Waals surface area contributed by atoms with Gasteiger partial charge in [-0.1, -0.05) is 29.8 Å². The lowest BCUT2D eigenvalue weighted by Crippen LogP contribution is -2.33. The predicted molar refractivity (Wildman–Crippen MR) is 117 cm³/mol. The smallest absolute Gasteiger partial charge is 0.383 e. The highest BCUT2D eigenvalue weighted by atomic mass is 35.5. The van der Waals surface area contributed by atoms with Gasteiger partial charge in [0.25, 0.3) is 5.56 Å². The molecule has 1 saturated heterocycles. The van der Waals surface area contributed by atoms with Crippen LogP contribution in [-0.4, -0.2) is 30.7 Å². The number of hydrogen-bond donors (Lipinski definition) is 1. The summed E-state index contributed by atoms with van der Waals surface area (Å²) in [6.07, 6.45) is -1.10. The highest BCUT2D eigenvalue weighted by Gasteiger charge is 2.37. The van der Waals surface area contributed by atoms with Gasteiger partial charge in [-0.3, -0.25) is 9.36 Å². The van der Waals surface area contributed by atoms with Gasteiger partial charge < -0.3 is 10.6 Å². The van der Waals surface area contributed by atoms with Crippen molar-refractivity contribution in [2.75, 3.05) is 17.2 Å². The van der Waals surface area contributed by atoms with Crippen molar-refractivity contribution in [1.82, 2.24) is 24.1 Å². The van der Waals surface area contributed by atoms with Crippen molar-refractivity contribution in [1.29, 1.82) is 0 Å². The van der Waals surface area contributed by atoms with E-state index in [0.29, 0.717) is 37.1 Å². The average Bonchev–Trinajstić information content (AvgIpc) is 3.40. The number of hydrogen-bond acceptors (Lipinski definition) is 6. The highest BCUT2D eigenvalue weighted by molar-refractivity contribution is 6.33. The number of aromatic nitrogens is 5. The van der Waals surface area contributed by atoms with Crippen LogP contribution in [0, 0.1) is 0 Å². The lowest BCUT2D eigenvalue weighted by molar-refractivity contribution is -0.137. The predicted octanol–water partition coefficient (Wildman–Crippen LogP) is 3.87. The molecule has 5 rings (SSSR count). The first-order valence-electron chi connectivity index (χ1n) is 10.1. The summed E-state index contributed by atoms with van der Waals surface area (Å²) < 4.78 is 42.2. The SMILES string of the molecule is Nc1nc(N2CCC[C@H]2c2nn3ccc(Cl)c3c(=O)n2-c2ccccc2)ncc1C(F)(F)F. The van der Waals surface area contributed by atoms with Crippen LogP contribution in [0.5, 0.6) is 0 Å². The van der Waals surface area contributed by atoms with Gasteiger partial charge in [-0.15, -0.1) is 0 Å². The van der Waals surface area contributed by atoms with Gasteiger partial charge in [0.05, 0.1) is 16.8 Å². The molecule has 1 fully saturated rings. The van der Waals surface area contributed by atoms with Gasteiger partial charge in [0, 0.05) is 18.9 Å². The Kier molecular flexibility index (Phi) is 5.00. The number of fused-ring (bicyclic) bond motifs is 1. The Morgan fingerprint density at radius 2 is 1.91 bits per heavy atom. The number of anilines is 2. The summed E-state index contributed by atoms with van der Waals surface area (Å²) >= 11 is 6.23. The van der Waals surface area contributed by atoms with Crippen molar-refractivity contribution in [3.8, 4) is 5.69 Å². The fourth-order valence-corrected chi connectivity index (χ4v) is 4.33. The number of nitrogens with two attached hydrogens (primary N) is 1. The van der Waals surface area contributed by atoms with Gasteiger partial charge in [0.1, 0.15) is 16.9 Å². The Morgan fingerprint density at radius 3 is 2.61 bits per heavy atom. The molecule has 1 aromatic carbocycles. The molecular weight excluding hydrogens is 459 g/mol. The number of nitrogen functional groups attached to an aromatic ring is 1. The van der Waals surface area contributed by atoms with E-state index in [1.165, 1.54) is 9.08 Å². The minimum absolute atomic E-state index is 0.0440. The third kappa shape index (κ3) is 3.58. The van der Waals surface area contributed by atoms with E-state index in [1.54, 1.807) is 41.4 Å². The van der Waals surface area contributed by atoms with E-state index in [2.05, 4.69) is 15.1 Å². The van der Waals surface area contributed by atoms with Crippen molar-refractivity contribution >= 4 is 28.9 Å². The first-order chi connectivity index (χ1) is 15.8. The Hall–Kier alpha value is -3.60. The molecule has 0 aliphatic carbocycles. The van der Waals surface area contributed by atoms with Gasteiger partial charge in [0.2, 0.25) is 5.95 Å². The number of rotatable bonds is 3. The molecule has 2 N–H and O–H groups in total. The maximum Gasteiger partial charge on any atom is 0.421 e. The second kappa shape index (κ2) is 7.77. The van der Waals surface area contributed by atoms with Crippen molar-refractivity contribution in [2.45, 2.75) is 25.1 Å². The van der Waals surface area contributed by atoms with Crippen LogP contribution in [-0.2, 0) is 6.18 Å². The maximum atomic E-state index is 13.5. The quantitative estimate of drug-likeness (QED) is 0.483. The van der Waals surface area contributed by atoms with E-state index in [0.717, 1.165) is 0 Å².